The lowest BCUT2D eigenvalue weighted by Crippen LogP contribution is -2.32. The van der Waals surface area contributed by atoms with Crippen molar-refractivity contribution < 1.29 is 9.18 Å². The van der Waals surface area contributed by atoms with E-state index in [1.165, 1.54) is 11.6 Å². The third-order valence-corrected chi connectivity index (χ3v) is 6.70. The zero-order chi connectivity index (χ0) is 21.1. The van der Waals surface area contributed by atoms with Crippen molar-refractivity contribution in [3.63, 3.8) is 0 Å². The number of nitrogens with zero attached hydrogens (tertiary/aromatic N) is 1. The average molecular weight is 425 g/mol. The number of hydrogen-bond acceptors (Lipinski definition) is 2. The molecule has 1 amide bonds. The van der Waals surface area contributed by atoms with Crippen LogP contribution in [0.25, 0.3) is 10.9 Å². The second-order valence-electron chi connectivity index (χ2n) is 8.37. The summed E-state index contributed by atoms with van der Waals surface area (Å²) < 4.78 is 13.8. The van der Waals surface area contributed by atoms with E-state index in [0.717, 1.165) is 36.6 Å². The molecule has 1 N–H and O–H groups in total. The highest BCUT2D eigenvalue weighted by Crippen LogP contribution is 2.40. The highest BCUT2D eigenvalue weighted by Gasteiger charge is 2.27. The molecule has 0 saturated heterocycles. The molecule has 3 aromatic rings. The van der Waals surface area contributed by atoms with Gasteiger partial charge < -0.3 is 5.32 Å². The Morgan fingerprint density at radius 3 is 2.60 bits per heavy atom. The van der Waals surface area contributed by atoms with Crippen molar-refractivity contribution in [1.29, 1.82) is 0 Å². The molecule has 0 bridgehead atoms. The quantitative estimate of drug-likeness (QED) is 0.517. The minimum Gasteiger partial charge on any atom is -0.352 e. The molecule has 0 radical (unpaired) electrons. The van der Waals surface area contributed by atoms with Gasteiger partial charge in [0.15, 0.2) is 0 Å². The number of benzene rings is 2. The normalized spacial score (nSPS) is 20.1. The largest absolute Gasteiger partial charge is 0.352 e. The molecular weight excluding hydrogens is 399 g/mol. The minimum atomic E-state index is -0.213. The van der Waals surface area contributed by atoms with E-state index < -0.39 is 0 Å². The van der Waals surface area contributed by atoms with Gasteiger partial charge in [0.05, 0.1) is 5.52 Å². The molecule has 0 aliphatic heterocycles. The first-order chi connectivity index (χ1) is 14.5. The van der Waals surface area contributed by atoms with Crippen molar-refractivity contribution in [2.75, 3.05) is 6.54 Å². The van der Waals surface area contributed by atoms with Gasteiger partial charge in [-0.15, -0.1) is 0 Å². The van der Waals surface area contributed by atoms with Crippen LogP contribution < -0.4 is 5.32 Å². The lowest BCUT2D eigenvalue weighted by atomic mass is 9.74. The molecule has 1 aliphatic rings. The summed E-state index contributed by atoms with van der Waals surface area (Å²) in [5.74, 6) is 1.16. The van der Waals surface area contributed by atoms with Gasteiger partial charge in [-0.05, 0) is 97.5 Å². The Hall–Kier alpha value is -2.46. The Balaban J connectivity index is 1.34. The predicted molar refractivity (Wildman–Crippen MR) is 119 cm³/mol. The third kappa shape index (κ3) is 4.65. The maximum absolute atomic E-state index is 13.8. The average Bonchev–Trinajstić information content (AvgIpc) is 2.77. The minimum absolute atomic E-state index is 0.0579. The maximum atomic E-state index is 13.8. The number of carbonyl (C=O) groups is 1. The lowest BCUT2D eigenvalue weighted by molar-refractivity contribution is 0.0939. The SMILES string of the molecule is CC(CNC(=O)c1ccc(Cl)cc1)[C@H]1CC[C@@H](c2ccnc3ccc(F)cc32)CC1. The highest BCUT2D eigenvalue weighted by atomic mass is 35.5. The first kappa shape index (κ1) is 20.8. The van der Waals surface area contributed by atoms with Crippen molar-refractivity contribution in [1.82, 2.24) is 10.3 Å². The van der Waals surface area contributed by atoms with E-state index in [1.807, 2.05) is 12.3 Å². The van der Waals surface area contributed by atoms with Crippen LogP contribution in [-0.2, 0) is 0 Å². The first-order valence-corrected chi connectivity index (χ1v) is 11.0. The predicted octanol–water partition coefficient (Wildman–Crippen LogP) is 6.37. The number of nitrogens with one attached hydrogen (secondary N) is 1. The smallest absolute Gasteiger partial charge is 0.251 e. The first-order valence-electron chi connectivity index (χ1n) is 10.6. The second-order valence-corrected chi connectivity index (χ2v) is 8.80. The molecule has 1 aliphatic carbocycles. The number of aromatic nitrogens is 1. The van der Waals surface area contributed by atoms with E-state index in [-0.39, 0.29) is 11.7 Å². The molecule has 2 aromatic carbocycles. The van der Waals surface area contributed by atoms with E-state index in [1.54, 1.807) is 36.4 Å². The van der Waals surface area contributed by atoms with Crippen LogP contribution in [0, 0.1) is 17.7 Å². The molecule has 30 heavy (non-hydrogen) atoms. The summed E-state index contributed by atoms with van der Waals surface area (Å²) in [6.45, 7) is 2.88. The van der Waals surface area contributed by atoms with Gasteiger partial charge in [0.1, 0.15) is 5.82 Å². The van der Waals surface area contributed by atoms with Crippen LogP contribution in [0.4, 0.5) is 4.39 Å². The fourth-order valence-corrected chi connectivity index (χ4v) is 4.74. The topological polar surface area (TPSA) is 42.0 Å². The van der Waals surface area contributed by atoms with Gasteiger partial charge in [0.25, 0.3) is 5.91 Å². The van der Waals surface area contributed by atoms with Crippen LogP contribution in [0.1, 0.15) is 54.4 Å². The molecule has 5 heteroatoms. The molecule has 1 fully saturated rings. The molecular formula is C25H26ClFN2O. The molecule has 0 spiro atoms. The zero-order valence-electron chi connectivity index (χ0n) is 17.1. The molecule has 1 atom stereocenters. The molecule has 1 aromatic heterocycles. The van der Waals surface area contributed by atoms with E-state index in [9.17, 15) is 9.18 Å². The zero-order valence-corrected chi connectivity index (χ0v) is 17.8. The molecule has 1 unspecified atom stereocenters. The summed E-state index contributed by atoms with van der Waals surface area (Å²) in [7, 11) is 0. The fourth-order valence-electron chi connectivity index (χ4n) is 4.62. The number of halogens is 2. The van der Waals surface area contributed by atoms with Crippen molar-refractivity contribution in [3.05, 3.63) is 76.7 Å². The molecule has 1 saturated carbocycles. The number of carbonyl (C=O) groups excluding carboxylic acids is 1. The van der Waals surface area contributed by atoms with Crippen LogP contribution in [0.2, 0.25) is 5.02 Å². The van der Waals surface area contributed by atoms with Crippen molar-refractivity contribution in [3.8, 4) is 0 Å². The Kier molecular flexibility index (Phi) is 6.33. The number of pyridine rings is 1. The summed E-state index contributed by atoms with van der Waals surface area (Å²) in [6.07, 6.45) is 6.21. The van der Waals surface area contributed by atoms with Gasteiger partial charge in [-0.25, -0.2) is 4.39 Å². The summed E-state index contributed by atoms with van der Waals surface area (Å²) in [4.78, 5) is 16.7. The van der Waals surface area contributed by atoms with Crippen LogP contribution in [0.3, 0.4) is 0 Å². The fraction of sp³-hybridized carbons (Fsp3) is 0.360. The van der Waals surface area contributed by atoms with E-state index in [0.29, 0.717) is 34.9 Å². The summed E-state index contributed by atoms with van der Waals surface area (Å²) in [5, 5.41) is 4.62. The number of amides is 1. The van der Waals surface area contributed by atoms with Gasteiger partial charge in [0.2, 0.25) is 0 Å². The van der Waals surface area contributed by atoms with Crippen molar-refractivity contribution in [2.24, 2.45) is 11.8 Å². The molecule has 4 rings (SSSR count). The Morgan fingerprint density at radius 2 is 1.87 bits per heavy atom. The van der Waals surface area contributed by atoms with Gasteiger partial charge in [-0.2, -0.15) is 0 Å². The van der Waals surface area contributed by atoms with Crippen molar-refractivity contribution >= 4 is 28.4 Å². The Labute approximate surface area is 181 Å². The monoisotopic (exact) mass is 424 g/mol. The Bertz CT molecular complexity index is 1030. The third-order valence-electron chi connectivity index (χ3n) is 6.44. The number of rotatable bonds is 5. The summed E-state index contributed by atoms with van der Waals surface area (Å²) in [5.41, 5.74) is 2.70. The lowest BCUT2D eigenvalue weighted by Gasteiger charge is -2.33. The number of fused-ring (bicyclic) bond motifs is 1. The van der Waals surface area contributed by atoms with Gasteiger partial charge in [-0.3, -0.25) is 9.78 Å². The van der Waals surface area contributed by atoms with E-state index in [2.05, 4.69) is 17.2 Å². The van der Waals surface area contributed by atoms with E-state index >= 15 is 0 Å². The molecule has 156 valence electrons. The van der Waals surface area contributed by atoms with Gasteiger partial charge in [0, 0.05) is 28.7 Å². The molecule has 3 nitrogen and oxygen atoms in total. The van der Waals surface area contributed by atoms with Crippen LogP contribution >= 0.6 is 11.6 Å². The maximum Gasteiger partial charge on any atom is 0.251 e. The van der Waals surface area contributed by atoms with Gasteiger partial charge in [-0.1, -0.05) is 18.5 Å². The van der Waals surface area contributed by atoms with Crippen LogP contribution in [0.5, 0.6) is 0 Å². The Morgan fingerprint density at radius 1 is 1.13 bits per heavy atom. The standard InChI is InChI=1S/C25H26ClFN2O/c1-16(15-29-25(30)19-6-8-20(26)9-7-19)17-2-4-18(5-3-17)22-12-13-28-24-11-10-21(27)14-23(22)24/h6-14,16-18H,2-5,15H2,1H3,(H,29,30)/t16?,17-,18+. The van der Waals surface area contributed by atoms with Crippen LogP contribution in [-0.4, -0.2) is 17.4 Å². The molecule has 1 heterocycles. The highest BCUT2D eigenvalue weighted by molar-refractivity contribution is 6.30. The second kappa shape index (κ2) is 9.13. The van der Waals surface area contributed by atoms with Crippen LogP contribution in [0.15, 0.2) is 54.7 Å². The van der Waals surface area contributed by atoms with Crippen molar-refractivity contribution in [2.45, 2.75) is 38.5 Å². The van der Waals surface area contributed by atoms with Gasteiger partial charge >= 0.3 is 0 Å². The summed E-state index contributed by atoms with van der Waals surface area (Å²) in [6, 6.07) is 13.8. The number of hydrogen-bond donors (Lipinski definition) is 1. The summed E-state index contributed by atoms with van der Waals surface area (Å²) >= 11 is 5.89. The van der Waals surface area contributed by atoms with E-state index in [4.69, 9.17) is 11.6 Å².